The molecule has 0 radical (unpaired) electrons. The Hall–Kier alpha value is -0.595. The van der Waals surface area contributed by atoms with Crippen molar-refractivity contribution < 1.29 is 40.8 Å². The molecule has 0 aliphatic rings. The molecule has 0 bridgehead atoms. The topological polar surface area (TPSA) is 0 Å². The molecule has 324 valence electrons. The van der Waals surface area contributed by atoms with Gasteiger partial charge >= 0.3 is 0 Å². The predicted molar refractivity (Wildman–Crippen MR) is 277 cm³/mol. The fourth-order valence-corrected chi connectivity index (χ4v) is 22.6. The normalized spacial score (nSPS) is 12.2. The van der Waals surface area contributed by atoms with Crippen molar-refractivity contribution in [2.45, 2.75) is 156 Å². The van der Waals surface area contributed by atoms with Crippen LogP contribution in [-0.4, -0.2) is 45.3 Å². The average molecular weight is 1040 g/mol. The van der Waals surface area contributed by atoms with E-state index < -0.39 is 31.7 Å². The molecule has 4 aromatic carbocycles. The molecule has 0 aromatic heterocycles. The zero-order valence-electron chi connectivity index (χ0n) is 38.8. The van der Waals surface area contributed by atoms with E-state index in [1.165, 1.54) is 22.3 Å². The standard InChI is InChI=1S/2C26H38P2.2Pd/c2*1-19(2)27(20(3)4)25-15-11-9-13-23(25)17-18-24-14-10-12-16-26(24)28(21(5)6)22(7)8;;/h2*9-22H,1-8H3;;/p+4/b2*18-17+;;. The quantitative estimate of drug-likeness (QED) is 0.0596. The molecule has 6 heteroatoms. The Morgan fingerprint density at radius 3 is 0.534 bits per heavy atom. The van der Waals surface area contributed by atoms with Crippen LogP contribution in [0.1, 0.15) is 133 Å². The van der Waals surface area contributed by atoms with Crippen molar-refractivity contribution in [2.75, 3.05) is 0 Å². The first-order valence-electron chi connectivity index (χ1n) is 21.7. The maximum Gasteiger partial charge on any atom is 0.0991 e. The van der Waals surface area contributed by atoms with E-state index in [9.17, 15) is 0 Å². The molecule has 0 heterocycles. The van der Waals surface area contributed by atoms with Gasteiger partial charge in [0.1, 0.15) is 0 Å². The molecule has 0 fully saturated rings. The van der Waals surface area contributed by atoms with Gasteiger partial charge in [0, 0.05) is 94.8 Å². The van der Waals surface area contributed by atoms with E-state index in [2.05, 4.69) is 232 Å². The predicted octanol–water partition coefficient (Wildman–Crippen LogP) is 14.3. The molecule has 0 amide bonds. The zero-order valence-corrected chi connectivity index (χ0v) is 45.9. The van der Waals surface area contributed by atoms with Gasteiger partial charge in [-0.15, -0.1) is 0 Å². The third-order valence-corrected chi connectivity index (χ3v) is 25.2. The molecule has 0 unspecified atom stereocenters. The SMILES string of the molecule is CC(C)[PH+](c1ccccc1/C=C/c1ccccc1[PH+](C(C)C)C(C)C)C(C)C.CC(C)[PH+](c1ccccc1/C=C/c1ccccc1[PH+](C(C)C)C(C)C)C(C)C.[Pd].[Pd]. The minimum atomic E-state index is -0.587. The van der Waals surface area contributed by atoms with Crippen LogP contribution in [0.2, 0.25) is 0 Å². The largest absolute Gasteiger partial charge is 0.0991 e. The molecule has 4 aromatic rings. The molecular weight excluding hydrogens is 961 g/mol. The van der Waals surface area contributed by atoms with Gasteiger partial charge in [-0.1, -0.05) is 97.1 Å². The van der Waals surface area contributed by atoms with Gasteiger partial charge in [-0.3, -0.25) is 0 Å². The van der Waals surface area contributed by atoms with Gasteiger partial charge in [0.25, 0.3) is 0 Å². The zero-order chi connectivity index (χ0) is 41.7. The fourth-order valence-electron chi connectivity index (χ4n) is 9.13. The Balaban J connectivity index is 0.000000561. The van der Waals surface area contributed by atoms with Gasteiger partial charge in [-0.25, -0.2) is 0 Å². The van der Waals surface area contributed by atoms with Crippen molar-refractivity contribution in [3.63, 3.8) is 0 Å². The summed E-state index contributed by atoms with van der Waals surface area (Å²) in [5.74, 6) is 0. The summed E-state index contributed by atoms with van der Waals surface area (Å²) >= 11 is 0. The minimum absolute atomic E-state index is 0. The van der Waals surface area contributed by atoms with E-state index in [0.717, 1.165) is 45.3 Å². The van der Waals surface area contributed by atoms with Gasteiger partial charge in [0.2, 0.25) is 0 Å². The third kappa shape index (κ3) is 15.9. The first kappa shape index (κ1) is 55.4. The van der Waals surface area contributed by atoms with Crippen molar-refractivity contribution >= 4 is 77.2 Å². The second-order valence-electron chi connectivity index (χ2n) is 18.1. The smallest absolute Gasteiger partial charge is 0.0614 e. The molecule has 0 aliphatic heterocycles. The van der Waals surface area contributed by atoms with Crippen LogP contribution in [0.4, 0.5) is 0 Å². The molecule has 0 aliphatic carbocycles. The van der Waals surface area contributed by atoms with Crippen LogP contribution in [0.5, 0.6) is 0 Å². The van der Waals surface area contributed by atoms with Crippen molar-refractivity contribution in [1.82, 2.24) is 0 Å². The van der Waals surface area contributed by atoms with Crippen molar-refractivity contribution in [1.29, 1.82) is 0 Å². The molecule has 0 nitrogen and oxygen atoms in total. The van der Waals surface area contributed by atoms with Gasteiger partial charge < -0.3 is 0 Å². The molecular formula is C52H80P4Pd2+4. The Morgan fingerprint density at radius 1 is 0.259 bits per heavy atom. The van der Waals surface area contributed by atoms with Crippen LogP contribution >= 0.6 is 31.7 Å². The summed E-state index contributed by atoms with van der Waals surface area (Å²) in [4.78, 5) is 0. The molecule has 0 N–H and O–H groups in total. The van der Waals surface area contributed by atoms with Crippen molar-refractivity contribution in [2.24, 2.45) is 0 Å². The maximum atomic E-state index is 2.39. The van der Waals surface area contributed by atoms with Crippen LogP contribution in [0.15, 0.2) is 97.1 Å². The third-order valence-electron chi connectivity index (χ3n) is 10.9. The summed E-state index contributed by atoms with van der Waals surface area (Å²) in [5.41, 5.74) is 11.6. The summed E-state index contributed by atoms with van der Waals surface area (Å²) in [6.07, 6.45) is 9.51. The summed E-state index contributed by atoms with van der Waals surface area (Å²) in [6.45, 7) is 38.3. The molecule has 0 atom stereocenters. The van der Waals surface area contributed by atoms with Crippen LogP contribution in [-0.2, 0) is 40.8 Å². The number of rotatable bonds is 16. The molecule has 4 rings (SSSR count). The average Bonchev–Trinajstić information content (AvgIpc) is 3.11. The van der Waals surface area contributed by atoms with Gasteiger partial charge in [-0.05, 0) is 135 Å². The first-order valence-corrected chi connectivity index (χ1v) is 28.3. The Kier molecular flexibility index (Phi) is 26.2. The van der Waals surface area contributed by atoms with E-state index in [1.54, 1.807) is 21.2 Å². The first-order chi connectivity index (χ1) is 26.5. The summed E-state index contributed by atoms with van der Waals surface area (Å²) < 4.78 is 0. The van der Waals surface area contributed by atoms with E-state index in [-0.39, 0.29) is 40.8 Å². The molecule has 0 saturated heterocycles. The fraction of sp³-hybridized carbons (Fsp3) is 0.462. The van der Waals surface area contributed by atoms with Gasteiger partial charge in [0.15, 0.2) is 0 Å². The summed E-state index contributed by atoms with van der Waals surface area (Å²) in [5, 5.41) is 6.35. The monoisotopic (exact) mass is 1040 g/mol. The minimum Gasteiger partial charge on any atom is -0.0614 e. The van der Waals surface area contributed by atoms with Crippen LogP contribution < -0.4 is 21.2 Å². The van der Waals surface area contributed by atoms with Crippen LogP contribution in [0, 0.1) is 0 Å². The summed E-state index contributed by atoms with van der Waals surface area (Å²) in [7, 11) is -2.35. The van der Waals surface area contributed by atoms with Crippen molar-refractivity contribution in [3.8, 4) is 0 Å². The van der Waals surface area contributed by atoms with E-state index in [1.807, 2.05) is 0 Å². The molecule has 0 saturated carbocycles. The van der Waals surface area contributed by atoms with Crippen LogP contribution in [0.25, 0.3) is 24.3 Å². The molecule has 58 heavy (non-hydrogen) atoms. The maximum absolute atomic E-state index is 2.39. The Morgan fingerprint density at radius 2 is 0.397 bits per heavy atom. The number of benzene rings is 4. The van der Waals surface area contributed by atoms with E-state index in [0.29, 0.717) is 0 Å². The molecule has 0 spiro atoms. The second-order valence-corrected chi connectivity index (χ2v) is 33.1. The number of hydrogen-bond acceptors (Lipinski definition) is 0. The Labute approximate surface area is 390 Å². The van der Waals surface area contributed by atoms with E-state index >= 15 is 0 Å². The Bertz CT molecular complexity index is 1530. The van der Waals surface area contributed by atoms with E-state index in [4.69, 9.17) is 0 Å². The summed E-state index contributed by atoms with van der Waals surface area (Å²) in [6, 6.07) is 36.3. The van der Waals surface area contributed by atoms with Gasteiger partial charge in [0.05, 0.1) is 66.5 Å². The number of hydrogen-bond donors (Lipinski definition) is 0. The van der Waals surface area contributed by atoms with Crippen LogP contribution in [0.3, 0.4) is 0 Å². The van der Waals surface area contributed by atoms with Crippen molar-refractivity contribution in [3.05, 3.63) is 119 Å². The van der Waals surface area contributed by atoms with Gasteiger partial charge in [-0.2, -0.15) is 0 Å². The second kappa shape index (κ2) is 27.5.